The molecule has 5 aromatic rings. The van der Waals surface area contributed by atoms with E-state index < -0.39 is 0 Å². The summed E-state index contributed by atoms with van der Waals surface area (Å²) in [5.41, 5.74) is 5.84. The van der Waals surface area contributed by atoms with E-state index in [9.17, 15) is 15.2 Å². The molecule has 2 aromatic heterocycles. The minimum absolute atomic E-state index is 0.0157. The van der Waals surface area contributed by atoms with Crippen molar-refractivity contribution in [2.75, 3.05) is 38.5 Å². The van der Waals surface area contributed by atoms with Crippen LogP contribution >= 0.6 is 0 Å². The molecule has 0 saturated heterocycles. The SMILES string of the molecule is Cc1ccc2c(c1)[n+]([O-])nc(NCCCN(C)CCCNC(=O)c1cccc3nc4cccc(C)c4nc13)[n+]2[O-]. The Labute approximate surface area is 231 Å². The van der Waals surface area contributed by atoms with E-state index in [2.05, 4.69) is 25.6 Å². The standard InChI is InChI=1S/C29H32N8O3/c1-19-12-13-24-25(18-19)37(40)34-29(36(24)39)31-15-7-17-35(3)16-6-14-30-28(38)21-9-5-11-23-27(21)33-26-20(2)8-4-10-22(26)32-23/h4-5,8-13,18H,6-7,14-17H2,1-3H3,(H,30,38)(H,31,34). The number of hydrogen-bond donors (Lipinski definition) is 2. The van der Waals surface area contributed by atoms with Gasteiger partial charge >= 0.3 is 5.95 Å². The first-order valence-corrected chi connectivity index (χ1v) is 13.3. The number of rotatable bonds is 10. The Morgan fingerprint density at radius 3 is 2.42 bits per heavy atom. The highest BCUT2D eigenvalue weighted by molar-refractivity contribution is 6.06. The number of aromatic nitrogens is 5. The van der Waals surface area contributed by atoms with Crippen LogP contribution in [0.3, 0.4) is 0 Å². The summed E-state index contributed by atoms with van der Waals surface area (Å²) in [6, 6.07) is 16.4. The quantitative estimate of drug-likeness (QED) is 0.119. The van der Waals surface area contributed by atoms with E-state index in [4.69, 9.17) is 4.98 Å². The summed E-state index contributed by atoms with van der Waals surface area (Å²) in [6.07, 6.45) is 1.52. The Bertz CT molecular complexity index is 1710. The van der Waals surface area contributed by atoms with Crippen LogP contribution in [-0.4, -0.2) is 59.1 Å². The van der Waals surface area contributed by atoms with E-state index in [1.807, 2.05) is 51.2 Å². The fourth-order valence-electron chi connectivity index (χ4n) is 4.71. The molecule has 0 radical (unpaired) electrons. The van der Waals surface area contributed by atoms with Gasteiger partial charge in [0.2, 0.25) is 5.10 Å². The average Bonchev–Trinajstić information content (AvgIpc) is 2.94. The van der Waals surface area contributed by atoms with Crippen LogP contribution in [0.4, 0.5) is 5.95 Å². The summed E-state index contributed by atoms with van der Waals surface area (Å²) in [6.45, 7) is 6.42. The number of benzene rings is 3. The zero-order valence-electron chi connectivity index (χ0n) is 22.8. The molecule has 40 heavy (non-hydrogen) atoms. The van der Waals surface area contributed by atoms with Gasteiger partial charge in [-0.15, -0.1) is 0 Å². The van der Waals surface area contributed by atoms with Crippen LogP contribution in [0.2, 0.25) is 0 Å². The summed E-state index contributed by atoms with van der Waals surface area (Å²) in [5, 5.41) is 34.6. The van der Waals surface area contributed by atoms with Gasteiger partial charge < -0.3 is 20.6 Å². The van der Waals surface area contributed by atoms with Crippen LogP contribution in [0.1, 0.15) is 34.3 Å². The van der Waals surface area contributed by atoms with Gasteiger partial charge in [-0.25, -0.2) is 14.7 Å². The van der Waals surface area contributed by atoms with Crippen LogP contribution in [0.5, 0.6) is 0 Å². The van der Waals surface area contributed by atoms with Crippen LogP contribution in [0.15, 0.2) is 54.6 Å². The maximum atomic E-state index is 13.0. The largest absolute Gasteiger partial charge is 0.739 e. The molecule has 11 heteroatoms. The minimum Gasteiger partial charge on any atom is -0.739 e. The van der Waals surface area contributed by atoms with E-state index in [0.29, 0.717) is 39.3 Å². The summed E-state index contributed by atoms with van der Waals surface area (Å²) in [7, 11) is 2.01. The molecule has 1 amide bonds. The van der Waals surface area contributed by atoms with Gasteiger partial charge in [-0.2, -0.15) is 0 Å². The molecule has 2 heterocycles. The molecule has 11 nitrogen and oxygen atoms in total. The fraction of sp³-hybridized carbons (Fsp3) is 0.310. The number of hydrogen-bond acceptors (Lipinski definition) is 8. The third-order valence-electron chi connectivity index (χ3n) is 6.88. The number of para-hydroxylation sites is 2. The number of carbonyl (C=O) groups is 1. The Morgan fingerprint density at radius 1 is 0.900 bits per heavy atom. The van der Waals surface area contributed by atoms with Gasteiger partial charge in [-0.1, -0.05) is 24.3 Å². The molecule has 0 atom stereocenters. The molecule has 2 N–H and O–H groups in total. The maximum absolute atomic E-state index is 13.0. The smallest absolute Gasteiger partial charge is 0.460 e. The molecular formula is C29H32N8O3. The number of fused-ring (bicyclic) bond motifs is 3. The van der Waals surface area contributed by atoms with Crippen molar-refractivity contribution in [3.63, 3.8) is 0 Å². The van der Waals surface area contributed by atoms with Gasteiger partial charge in [-0.05, 0) is 75.7 Å². The van der Waals surface area contributed by atoms with Gasteiger partial charge in [0.1, 0.15) is 5.52 Å². The zero-order valence-corrected chi connectivity index (χ0v) is 22.8. The summed E-state index contributed by atoms with van der Waals surface area (Å²) >= 11 is 0. The van der Waals surface area contributed by atoms with Crippen molar-refractivity contribution in [3.05, 3.63) is 81.7 Å². The number of nitrogens with zero attached hydrogens (tertiary/aromatic N) is 6. The van der Waals surface area contributed by atoms with Crippen molar-refractivity contribution in [1.82, 2.24) is 25.3 Å². The van der Waals surface area contributed by atoms with Gasteiger partial charge in [-0.3, -0.25) is 10.1 Å². The molecular weight excluding hydrogens is 508 g/mol. The van der Waals surface area contributed by atoms with Gasteiger partial charge in [0.05, 0.1) is 28.7 Å². The monoisotopic (exact) mass is 540 g/mol. The van der Waals surface area contributed by atoms with Crippen LogP contribution in [0.25, 0.3) is 33.1 Å². The number of amides is 1. The van der Waals surface area contributed by atoms with Crippen molar-refractivity contribution in [1.29, 1.82) is 0 Å². The normalized spacial score (nSPS) is 11.5. The first kappa shape index (κ1) is 26.9. The molecule has 5 rings (SSSR count). The Balaban J connectivity index is 1.08. The van der Waals surface area contributed by atoms with Gasteiger partial charge in [0.25, 0.3) is 11.4 Å². The number of nitrogens with one attached hydrogen (secondary N) is 2. The molecule has 0 unspecified atom stereocenters. The molecule has 0 bridgehead atoms. The van der Waals surface area contributed by atoms with Gasteiger partial charge in [0, 0.05) is 24.0 Å². The van der Waals surface area contributed by atoms with Crippen molar-refractivity contribution >= 4 is 45.0 Å². The van der Waals surface area contributed by atoms with Crippen molar-refractivity contribution < 1.29 is 14.4 Å². The second kappa shape index (κ2) is 11.6. The Kier molecular flexibility index (Phi) is 7.83. The first-order chi connectivity index (χ1) is 19.3. The minimum atomic E-state index is -0.167. The average molecular weight is 541 g/mol. The highest BCUT2D eigenvalue weighted by atomic mass is 16.5. The molecule has 0 spiro atoms. The highest BCUT2D eigenvalue weighted by Gasteiger charge is 2.20. The van der Waals surface area contributed by atoms with E-state index >= 15 is 0 Å². The fourth-order valence-corrected chi connectivity index (χ4v) is 4.71. The molecule has 0 aliphatic heterocycles. The van der Waals surface area contributed by atoms with Crippen LogP contribution in [-0.2, 0) is 0 Å². The van der Waals surface area contributed by atoms with Crippen molar-refractivity contribution in [2.45, 2.75) is 26.7 Å². The van der Waals surface area contributed by atoms with E-state index in [0.717, 1.165) is 48.1 Å². The second-order valence-electron chi connectivity index (χ2n) is 10.0. The maximum Gasteiger partial charge on any atom is 0.460 e. The van der Waals surface area contributed by atoms with E-state index in [-0.39, 0.29) is 22.9 Å². The molecule has 206 valence electrons. The number of carbonyl (C=O) groups excluding carboxylic acids is 1. The zero-order chi connectivity index (χ0) is 28.2. The molecule has 0 aliphatic carbocycles. The van der Waals surface area contributed by atoms with E-state index in [1.165, 1.54) is 0 Å². The predicted octanol–water partition coefficient (Wildman–Crippen LogP) is 2.77. The lowest BCUT2D eigenvalue weighted by atomic mass is 10.1. The van der Waals surface area contributed by atoms with Crippen molar-refractivity contribution in [2.24, 2.45) is 0 Å². The van der Waals surface area contributed by atoms with Crippen LogP contribution < -0.4 is 20.2 Å². The van der Waals surface area contributed by atoms with Crippen molar-refractivity contribution in [3.8, 4) is 0 Å². The van der Waals surface area contributed by atoms with Gasteiger partial charge in [0.15, 0.2) is 5.52 Å². The molecule has 0 fully saturated rings. The highest BCUT2D eigenvalue weighted by Crippen LogP contribution is 2.21. The molecule has 0 aliphatic rings. The summed E-state index contributed by atoms with van der Waals surface area (Å²) in [4.78, 5) is 25.0. The molecule has 3 aromatic carbocycles. The lowest BCUT2D eigenvalue weighted by molar-refractivity contribution is -0.672. The van der Waals surface area contributed by atoms with E-state index in [1.54, 1.807) is 24.3 Å². The topological polar surface area (TPSA) is 137 Å². The predicted molar refractivity (Wildman–Crippen MR) is 154 cm³/mol. The third-order valence-corrected chi connectivity index (χ3v) is 6.88. The third kappa shape index (κ3) is 5.69. The Morgan fingerprint density at radius 2 is 1.62 bits per heavy atom. The lowest BCUT2D eigenvalue weighted by Gasteiger charge is -2.16. The summed E-state index contributed by atoms with van der Waals surface area (Å²) in [5.74, 6) is -0.183. The number of aryl methyl sites for hydroxylation is 2. The number of anilines is 1. The molecule has 0 saturated carbocycles. The first-order valence-electron chi connectivity index (χ1n) is 13.3. The van der Waals surface area contributed by atoms with Crippen LogP contribution in [0, 0.1) is 24.3 Å². The lowest BCUT2D eigenvalue weighted by Crippen LogP contribution is -2.44. The second-order valence-corrected chi connectivity index (χ2v) is 10.0. The summed E-state index contributed by atoms with van der Waals surface area (Å²) < 4.78 is 0.654. The Hall–Kier alpha value is -4.64.